The Labute approximate surface area is 167 Å². The van der Waals surface area contributed by atoms with Crippen LogP contribution in [0.3, 0.4) is 0 Å². The number of nitrogens with one attached hydrogen (secondary N) is 2. The topological polar surface area (TPSA) is 108 Å². The fourth-order valence-corrected chi connectivity index (χ4v) is 2.93. The van der Waals surface area contributed by atoms with Gasteiger partial charge < -0.3 is 20.1 Å². The van der Waals surface area contributed by atoms with Crippen molar-refractivity contribution in [3.8, 4) is 5.75 Å². The number of carbonyl (C=O) groups excluding carboxylic acids is 2. The van der Waals surface area contributed by atoms with Gasteiger partial charge in [-0.1, -0.05) is 30.3 Å². The Balaban J connectivity index is 1.64. The number of hydrogen-bond donors (Lipinski definition) is 3. The van der Waals surface area contributed by atoms with E-state index in [1.807, 2.05) is 24.3 Å². The van der Waals surface area contributed by atoms with Gasteiger partial charge in [0.15, 0.2) is 0 Å². The Bertz CT molecular complexity index is 1070. The molecule has 0 aliphatic rings. The van der Waals surface area contributed by atoms with E-state index in [-0.39, 0.29) is 6.42 Å². The average Bonchev–Trinajstić information content (AvgIpc) is 3.09. The number of aromatic nitrogens is 1. The number of carboxylic acid groups (broad SMARTS) is 1. The molecule has 0 aliphatic carbocycles. The van der Waals surface area contributed by atoms with E-state index in [9.17, 15) is 19.5 Å². The zero-order valence-electron chi connectivity index (χ0n) is 15.7. The van der Waals surface area contributed by atoms with E-state index in [4.69, 9.17) is 4.74 Å². The van der Waals surface area contributed by atoms with E-state index in [1.54, 1.807) is 36.5 Å². The molecule has 0 radical (unpaired) electrons. The van der Waals surface area contributed by atoms with Crippen molar-refractivity contribution >= 4 is 34.8 Å². The van der Waals surface area contributed by atoms with Gasteiger partial charge in [0.25, 0.3) is 0 Å². The predicted molar refractivity (Wildman–Crippen MR) is 108 cm³/mol. The molecule has 7 heteroatoms. The standard InChI is InChI=1S/C22H20N2O5/c1-14(25)29-17-9-6-15(7-10-17)8-11-21(26)24-20(22(27)28)12-16-13-23-19-5-3-2-4-18(16)19/h2-11,13,20,23H,12H2,1H3,(H,24,26)(H,27,28)/t20-/m0/s1. The van der Waals surface area contributed by atoms with Crippen LogP contribution in [0.5, 0.6) is 5.75 Å². The highest BCUT2D eigenvalue weighted by atomic mass is 16.5. The van der Waals surface area contributed by atoms with E-state index < -0.39 is 23.9 Å². The van der Waals surface area contributed by atoms with E-state index in [2.05, 4.69) is 10.3 Å². The average molecular weight is 392 g/mol. The summed E-state index contributed by atoms with van der Waals surface area (Å²) in [6.07, 6.45) is 4.74. The van der Waals surface area contributed by atoms with Crippen molar-refractivity contribution < 1.29 is 24.2 Å². The number of aliphatic carboxylic acids is 1. The van der Waals surface area contributed by atoms with Crippen molar-refractivity contribution in [1.29, 1.82) is 0 Å². The lowest BCUT2D eigenvalue weighted by molar-refractivity contribution is -0.141. The molecule has 0 unspecified atom stereocenters. The number of esters is 1. The van der Waals surface area contributed by atoms with Crippen molar-refractivity contribution in [3.63, 3.8) is 0 Å². The molecule has 1 atom stereocenters. The monoisotopic (exact) mass is 392 g/mol. The molecule has 0 saturated carbocycles. The largest absolute Gasteiger partial charge is 0.480 e. The van der Waals surface area contributed by atoms with Crippen LogP contribution in [0.25, 0.3) is 17.0 Å². The fourth-order valence-electron chi connectivity index (χ4n) is 2.93. The molecule has 1 heterocycles. The first-order valence-electron chi connectivity index (χ1n) is 8.97. The minimum Gasteiger partial charge on any atom is -0.480 e. The van der Waals surface area contributed by atoms with Gasteiger partial charge in [-0.05, 0) is 35.4 Å². The maximum atomic E-state index is 12.2. The minimum atomic E-state index is -1.11. The SMILES string of the molecule is CC(=O)Oc1ccc(C=CC(=O)N[C@@H](Cc2c[nH]c3ccccc23)C(=O)O)cc1. The third-order valence-corrected chi connectivity index (χ3v) is 4.28. The molecule has 3 aromatic rings. The molecule has 7 nitrogen and oxygen atoms in total. The molecule has 3 N–H and O–H groups in total. The zero-order chi connectivity index (χ0) is 20.8. The lowest BCUT2D eigenvalue weighted by Crippen LogP contribution is -2.41. The van der Waals surface area contributed by atoms with Crippen molar-refractivity contribution in [2.45, 2.75) is 19.4 Å². The molecule has 0 saturated heterocycles. The van der Waals surface area contributed by atoms with Crippen LogP contribution in [-0.4, -0.2) is 34.0 Å². The number of rotatable bonds is 7. The number of amides is 1. The number of benzene rings is 2. The van der Waals surface area contributed by atoms with Crippen LogP contribution >= 0.6 is 0 Å². The van der Waals surface area contributed by atoms with Crippen LogP contribution in [0.1, 0.15) is 18.1 Å². The number of hydrogen-bond acceptors (Lipinski definition) is 4. The van der Waals surface area contributed by atoms with Crippen LogP contribution in [-0.2, 0) is 20.8 Å². The molecular weight excluding hydrogens is 372 g/mol. The Morgan fingerprint density at radius 1 is 1.14 bits per heavy atom. The lowest BCUT2D eigenvalue weighted by Gasteiger charge is -2.12. The first-order chi connectivity index (χ1) is 13.9. The number of para-hydroxylation sites is 1. The fraction of sp³-hybridized carbons (Fsp3) is 0.136. The molecule has 0 bridgehead atoms. The zero-order valence-corrected chi connectivity index (χ0v) is 15.7. The van der Waals surface area contributed by atoms with Gasteiger partial charge in [0.05, 0.1) is 0 Å². The summed E-state index contributed by atoms with van der Waals surface area (Å²) in [6.45, 7) is 1.31. The van der Waals surface area contributed by atoms with Crippen LogP contribution in [0.2, 0.25) is 0 Å². The number of fused-ring (bicyclic) bond motifs is 1. The van der Waals surface area contributed by atoms with Gasteiger partial charge in [0.2, 0.25) is 5.91 Å². The number of ether oxygens (including phenoxy) is 1. The molecule has 0 fully saturated rings. The molecule has 0 aliphatic heterocycles. The van der Waals surface area contributed by atoms with Crippen molar-refractivity contribution in [3.05, 3.63) is 71.9 Å². The summed E-state index contributed by atoms with van der Waals surface area (Å²) in [5, 5.41) is 12.9. The Morgan fingerprint density at radius 2 is 1.86 bits per heavy atom. The molecule has 0 spiro atoms. The van der Waals surface area contributed by atoms with E-state index in [1.165, 1.54) is 13.0 Å². The Morgan fingerprint density at radius 3 is 2.55 bits per heavy atom. The normalized spacial score (nSPS) is 12.0. The highest BCUT2D eigenvalue weighted by molar-refractivity contribution is 5.94. The Kier molecular flexibility index (Phi) is 6.09. The summed E-state index contributed by atoms with van der Waals surface area (Å²) in [6, 6.07) is 13.1. The summed E-state index contributed by atoms with van der Waals surface area (Å²) in [5.41, 5.74) is 2.44. The third-order valence-electron chi connectivity index (χ3n) is 4.28. The van der Waals surface area contributed by atoms with Gasteiger partial charge in [0, 0.05) is 36.5 Å². The lowest BCUT2D eigenvalue weighted by atomic mass is 10.0. The number of carbonyl (C=O) groups is 3. The van der Waals surface area contributed by atoms with Gasteiger partial charge in [-0.25, -0.2) is 4.79 Å². The molecule has 1 amide bonds. The molecule has 29 heavy (non-hydrogen) atoms. The first kappa shape index (κ1) is 19.9. The second-order valence-corrected chi connectivity index (χ2v) is 6.46. The maximum Gasteiger partial charge on any atom is 0.326 e. The summed E-state index contributed by atoms with van der Waals surface area (Å²) < 4.78 is 4.94. The van der Waals surface area contributed by atoms with Crippen LogP contribution in [0.15, 0.2) is 60.8 Å². The highest BCUT2D eigenvalue weighted by Crippen LogP contribution is 2.19. The van der Waals surface area contributed by atoms with Gasteiger partial charge >= 0.3 is 11.9 Å². The second-order valence-electron chi connectivity index (χ2n) is 6.46. The number of carboxylic acids is 1. The van der Waals surface area contributed by atoms with Crippen LogP contribution in [0.4, 0.5) is 0 Å². The van der Waals surface area contributed by atoms with Gasteiger partial charge in [0.1, 0.15) is 11.8 Å². The molecular formula is C22H20N2O5. The molecule has 148 valence electrons. The summed E-state index contributed by atoms with van der Waals surface area (Å²) in [5.74, 6) is -1.63. The third kappa shape index (κ3) is 5.32. The summed E-state index contributed by atoms with van der Waals surface area (Å²) in [4.78, 5) is 37.8. The Hall–Kier alpha value is -3.87. The van der Waals surface area contributed by atoms with Gasteiger partial charge in [-0.15, -0.1) is 0 Å². The van der Waals surface area contributed by atoms with Crippen molar-refractivity contribution in [1.82, 2.24) is 10.3 Å². The molecule has 1 aromatic heterocycles. The smallest absolute Gasteiger partial charge is 0.326 e. The predicted octanol–water partition coefficient (Wildman–Crippen LogP) is 2.92. The second kappa shape index (κ2) is 8.88. The summed E-state index contributed by atoms with van der Waals surface area (Å²) in [7, 11) is 0. The van der Waals surface area contributed by atoms with Crippen molar-refractivity contribution in [2.24, 2.45) is 0 Å². The quantitative estimate of drug-likeness (QED) is 0.325. The van der Waals surface area contributed by atoms with E-state index in [0.29, 0.717) is 11.3 Å². The minimum absolute atomic E-state index is 0.163. The van der Waals surface area contributed by atoms with E-state index >= 15 is 0 Å². The molecule has 3 rings (SSSR count). The first-order valence-corrected chi connectivity index (χ1v) is 8.97. The summed E-state index contributed by atoms with van der Waals surface area (Å²) >= 11 is 0. The van der Waals surface area contributed by atoms with E-state index in [0.717, 1.165) is 16.5 Å². The van der Waals surface area contributed by atoms with Crippen LogP contribution in [0, 0.1) is 0 Å². The molecule has 2 aromatic carbocycles. The number of aromatic amines is 1. The van der Waals surface area contributed by atoms with Crippen LogP contribution < -0.4 is 10.1 Å². The van der Waals surface area contributed by atoms with Crippen molar-refractivity contribution in [2.75, 3.05) is 0 Å². The number of H-pyrrole nitrogens is 1. The van der Waals surface area contributed by atoms with Gasteiger partial charge in [-0.3, -0.25) is 9.59 Å². The van der Waals surface area contributed by atoms with Gasteiger partial charge in [-0.2, -0.15) is 0 Å². The highest BCUT2D eigenvalue weighted by Gasteiger charge is 2.21. The maximum absolute atomic E-state index is 12.2.